The fraction of sp³-hybridized carbons (Fsp3) is 0.188. The first kappa shape index (κ1) is 28.2. The number of aliphatic carboxylic acids is 1. The lowest BCUT2D eigenvalue weighted by Crippen LogP contribution is -2.43. The van der Waals surface area contributed by atoms with Gasteiger partial charge in [-0.25, -0.2) is 13.6 Å². The number of carbonyl (C=O) groups is 2. The number of fused-ring (bicyclic) bond motifs is 2. The van der Waals surface area contributed by atoms with Gasteiger partial charge in [-0.3, -0.25) is 14.8 Å². The SMILES string of the molecule is O=C(N[C@@H](Cc1ccc(-c2ncc3ccc(C4CC4)cc3c2C(F)(F)F)c2ncccc12)C(=O)O)c1c(F)cccc1F. The third-order valence-corrected chi connectivity index (χ3v) is 7.58. The highest BCUT2D eigenvalue weighted by molar-refractivity contribution is 6.00. The number of carbonyl (C=O) groups excluding carboxylic acids is 1. The Kier molecular flexibility index (Phi) is 7.03. The molecule has 0 saturated heterocycles. The number of carboxylic acid groups (broad SMARTS) is 1. The highest BCUT2D eigenvalue weighted by Crippen LogP contribution is 2.45. The van der Waals surface area contributed by atoms with Gasteiger partial charge in [0.2, 0.25) is 0 Å². The van der Waals surface area contributed by atoms with E-state index in [1.165, 1.54) is 24.5 Å². The molecule has 0 spiro atoms. The molecule has 1 aliphatic carbocycles. The number of hydrogen-bond acceptors (Lipinski definition) is 4. The fourth-order valence-electron chi connectivity index (χ4n) is 5.36. The molecule has 2 heterocycles. The highest BCUT2D eigenvalue weighted by Gasteiger charge is 2.38. The maximum Gasteiger partial charge on any atom is 0.419 e. The average molecular weight is 592 g/mol. The summed E-state index contributed by atoms with van der Waals surface area (Å²) in [6.07, 6.45) is -0.461. The average Bonchev–Trinajstić information content (AvgIpc) is 3.81. The number of carboxylic acids is 1. The third-order valence-electron chi connectivity index (χ3n) is 7.58. The van der Waals surface area contributed by atoms with Crippen molar-refractivity contribution in [2.24, 2.45) is 0 Å². The lowest BCUT2D eigenvalue weighted by Gasteiger charge is -2.19. The number of rotatable bonds is 7. The van der Waals surface area contributed by atoms with E-state index < -0.39 is 46.9 Å². The minimum Gasteiger partial charge on any atom is -0.480 e. The number of benzene rings is 3. The normalized spacial score (nSPS) is 14.2. The highest BCUT2D eigenvalue weighted by atomic mass is 19.4. The van der Waals surface area contributed by atoms with Crippen molar-refractivity contribution in [2.75, 3.05) is 0 Å². The molecule has 1 amide bonds. The van der Waals surface area contributed by atoms with Crippen molar-refractivity contribution in [3.05, 3.63) is 107 Å². The van der Waals surface area contributed by atoms with Crippen molar-refractivity contribution in [1.29, 1.82) is 0 Å². The molecule has 0 radical (unpaired) electrons. The van der Waals surface area contributed by atoms with Crippen LogP contribution in [0.4, 0.5) is 22.0 Å². The molecule has 1 saturated carbocycles. The zero-order chi connectivity index (χ0) is 30.5. The lowest BCUT2D eigenvalue weighted by molar-refractivity contribution is -0.139. The molecule has 1 fully saturated rings. The van der Waals surface area contributed by atoms with Crippen molar-refractivity contribution in [3.63, 3.8) is 0 Å². The summed E-state index contributed by atoms with van der Waals surface area (Å²) < 4.78 is 72.2. The number of hydrogen-bond donors (Lipinski definition) is 2. The summed E-state index contributed by atoms with van der Waals surface area (Å²) in [4.78, 5) is 33.2. The van der Waals surface area contributed by atoms with E-state index in [0.29, 0.717) is 16.3 Å². The van der Waals surface area contributed by atoms with Crippen LogP contribution in [-0.2, 0) is 17.4 Å². The molecule has 1 aliphatic rings. The van der Waals surface area contributed by atoms with E-state index in [4.69, 9.17) is 0 Å². The van der Waals surface area contributed by atoms with Crippen LogP contribution < -0.4 is 5.32 Å². The lowest BCUT2D eigenvalue weighted by atomic mass is 9.93. The first-order chi connectivity index (χ1) is 20.5. The van der Waals surface area contributed by atoms with Crippen LogP contribution in [0.3, 0.4) is 0 Å². The quantitative estimate of drug-likeness (QED) is 0.198. The zero-order valence-corrected chi connectivity index (χ0v) is 22.3. The van der Waals surface area contributed by atoms with E-state index in [0.717, 1.165) is 36.6 Å². The van der Waals surface area contributed by atoms with Crippen LogP contribution >= 0.6 is 0 Å². The molecule has 218 valence electrons. The predicted octanol–water partition coefficient (Wildman–Crippen LogP) is 7.05. The maximum atomic E-state index is 14.7. The van der Waals surface area contributed by atoms with E-state index in [1.54, 1.807) is 24.3 Å². The van der Waals surface area contributed by atoms with Crippen LogP contribution in [0.2, 0.25) is 0 Å². The first-order valence-electron chi connectivity index (χ1n) is 13.4. The van der Waals surface area contributed by atoms with Gasteiger partial charge in [0, 0.05) is 35.2 Å². The van der Waals surface area contributed by atoms with Crippen molar-refractivity contribution in [2.45, 2.75) is 37.4 Å². The van der Waals surface area contributed by atoms with Crippen molar-refractivity contribution < 1.29 is 36.6 Å². The van der Waals surface area contributed by atoms with Crippen molar-refractivity contribution in [1.82, 2.24) is 15.3 Å². The Morgan fingerprint density at radius 1 is 0.953 bits per heavy atom. The molecule has 6 rings (SSSR count). The van der Waals surface area contributed by atoms with Gasteiger partial charge in [-0.1, -0.05) is 42.5 Å². The first-order valence-corrected chi connectivity index (χ1v) is 13.4. The van der Waals surface area contributed by atoms with Gasteiger partial charge in [0.1, 0.15) is 23.2 Å². The molecule has 0 aliphatic heterocycles. The molecule has 11 heteroatoms. The van der Waals surface area contributed by atoms with E-state index >= 15 is 0 Å². The summed E-state index contributed by atoms with van der Waals surface area (Å²) in [5.74, 6) is -4.82. The summed E-state index contributed by atoms with van der Waals surface area (Å²) in [5, 5.41) is 12.7. The predicted molar refractivity (Wildman–Crippen MR) is 148 cm³/mol. The topological polar surface area (TPSA) is 92.2 Å². The van der Waals surface area contributed by atoms with Crippen LogP contribution in [0, 0.1) is 11.6 Å². The third kappa shape index (κ3) is 5.38. The maximum absolute atomic E-state index is 14.7. The molecular formula is C32H22F5N3O3. The van der Waals surface area contributed by atoms with Crippen molar-refractivity contribution in [3.8, 4) is 11.3 Å². The number of nitrogens with zero attached hydrogens (tertiary/aromatic N) is 2. The van der Waals surface area contributed by atoms with E-state index in [1.807, 2.05) is 6.07 Å². The molecule has 0 unspecified atom stereocenters. The standard InChI is InChI=1S/C32H22F5N3O3/c33-23-4-1-5-24(34)26(23)30(41)40-25(31(42)43)14-18-10-11-21(28-20(18)3-2-12-38-28)29-27(32(35,36)37)22-13-17(16-6-7-16)8-9-19(22)15-39-29/h1-5,8-13,15-16,25H,6-7,14H2,(H,40,41)(H,42,43)/t25-/m0/s1. The molecule has 6 nitrogen and oxygen atoms in total. The van der Waals surface area contributed by atoms with Crippen LogP contribution in [0.25, 0.3) is 32.9 Å². The molecule has 0 bridgehead atoms. The second kappa shape index (κ2) is 10.7. The zero-order valence-electron chi connectivity index (χ0n) is 22.3. The van der Waals surface area contributed by atoms with Gasteiger partial charge in [0.25, 0.3) is 5.91 Å². The van der Waals surface area contributed by atoms with Crippen molar-refractivity contribution >= 4 is 33.6 Å². The van der Waals surface area contributed by atoms with Crippen LogP contribution in [0.15, 0.2) is 73.1 Å². The number of alkyl halides is 3. The molecule has 1 atom stereocenters. The number of nitrogens with one attached hydrogen (secondary N) is 1. The summed E-state index contributed by atoms with van der Waals surface area (Å²) in [6, 6.07) is 12.2. The minimum atomic E-state index is -4.75. The van der Waals surface area contributed by atoms with Gasteiger partial charge < -0.3 is 10.4 Å². The molecule has 2 aromatic heterocycles. The molecular weight excluding hydrogens is 569 g/mol. The van der Waals surface area contributed by atoms with Gasteiger partial charge >= 0.3 is 12.1 Å². The van der Waals surface area contributed by atoms with Gasteiger partial charge in [0.05, 0.1) is 16.8 Å². The van der Waals surface area contributed by atoms with Gasteiger partial charge in [0.15, 0.2) is 0 Å². The number of aromatic nitrogens is 2. The Morgan fingerprint density at radius 2 is 1.70 bits per heavy atom. The Bertz CT molecular complexity index is 1900. The fourth-order valence-corrected chi connectivity index (χ4v) is 5.36. The Balaban J connectivity index is 1.43. The summed E-state index contributed by atoms with van der Waals surface area (Å²) in [6.45, 7) is 0. The van der Waals surface area contributed by atoms with Crippen LogP contribution in [0.5, 0.6) is 0 Å². The summed E-state index contributed by atoms with van der Waals surface area (Å²) in [7, 11) is 0. The number of halogens is 5. The van der Waals surface area contributed by atoms with E-state index in [-0.39, 0.29) is 34.5 Å². The van der Waals surface area contributed by atoms with Gasteiger partial charge in [-0.2, -0.15) is 13.2 Å². The van der Waals surface area contributed by atoms with E-state index in [9.17, 15) is 36.6 Å². The second-order valence-electron chi connectivity index (χ2n) is 10.4. The molecule has 5 aromatic rings. The van der Waals surface area contributed by atoms with Crippen LogP contribution in [0.1, 0.15) is 45.8 Å². The summed E-state index contributed by atoms with van der Waals surface area (Å²) >= 11 is 0. The summed E-state index contributed by atoms with van der Waals surface area (Å²) in [5.41, 5.74) is -0.732. The Labute approximate surface area is 241 Å². The number of amides is 1. The molecule has 2 N–H and O–H groups in total. The minimum absolute atomic E-state index is 0.0316. The van der Waals surface area contributed by atoms with Crippen LogP contribution in [-0.4, -0.2) is 33.0 Å². The number of pyridine rings is 2. The largest absolute Gasteiger partial charge is 0.480 e. The molecule has 43 heavy (non-hydrogen) atoms. The molecule has 3 aromatic carbocycles. The Morgan fingerprint density at radius 3 is 2.37 bits per heavy atom. The second-order valence-corrected chi connectivity index (χ2v) is 10.4. The van der Waals surface area contributed by atoms with Gasteiger partial charge in [-0.15, -0.1) is 0 Å². The monoisotopic (exact) mass is 591 g/mol. The smallest absolute Gasteiger partial charge is 0.419 e. The van der Waals surface area contributed by atoms with E-state index in [2.05, 4.69) is 15.3 Å². The van der Waals surface area contributed by atoms with Gasteiger partial charge in [-0.05, 0) is 53.5 Å². The Hall–Kier alpha value is -4.93.